The van der Waals surface area contributed by atoms with Gasteiger partial charge in [-0.25, -0.2) is 0 Å². The van der Waals surface area contributed by atoms with Crippen molar-refractivity contribution in [3.05, 3.63) is 33.8 Å². The zero-order valence-electron chi connectivity index (χ0n) is 8.43. The molecule has 1 rings (SSSR count). The molecule has 0 heterocycles. The van der Waals surface area contributed by atoms with Crippen LogP contribution >= 0.6 is 23.2 Å². The fraction of sp³-hybridized carbons (Fsp3) is 0.400. The van der Waals surface area contributed by atoms with Crippen molar-refractivity contribution in [3.8, 4) is 0 Å². The summed E-state index contributed by atoms with van der Waals surface area (Å²) in [5.41, 5.74) is 0.964. The van der Waals surface area contributed by atoms with Crippen molar-refractivity contribution < 1.29 is 4.21 Å². The van der Waals surface area contributed by atoms with Gasteiger partial charge in [0, 0.05) is 35.9 Å². The van der Waals surface area contributed by atoms with E-state index in [4.69, 9.17) is 23.2 Å². The zero-order chi connectivity index (χ0) is 11.3. The van der Waals surface area contributed by atoms with E-state index in [2.05, 4.69) is 5.32 Å². The molecule has 1 unspecified atom stereocenters. The molecule has 0 bridgehead atoms. The van der Waals surface area contributed by atoms with Gasteiger partial charge in [-0.1, -0.05) is 35.3 Å². The van der Waals surface area contributed by atoms with Crippen LogP contribution in [0.2, 0.25) is 10.0 Å². The molecule has 2 nitrogen and oxygen atoms in total. The lowest BCUT2D eigenvalue weighted by Crippen LogP contribution is -2.19. The molecular weight excluding hydrogens is 253 g/mol. The summed E-state index contributed by atoms with van der Waals surface area (Å²) in [6.07, 6.45) is 1.69. The summed E-state index contributed by atoms with van der Waals surface area (Å²) in [5.74, 6) is 0.651. The van der Waals surface area contributed by atoms with Crippen LogP contribution in [0.15, 0.2) is 18.2 Å². The van der Waals surface area contributed by atoms with E-state index in [9.17, 15) is 4.21 Å². The highest BCUT2D eigenvalue weighted by Gasteiger charge is 2.03. The van der Waals surface area contributed by atoms with Crippen LogP contribution in [0.25, 0.3) is 0 Å². The fourth-order valence-corrected chi connectivity index (χ4v) is 1.94. The molecule has 0 spiro atoms. The third kappa shape index (κ3) is 4.51. The monoisotopic (exact) mass is 265 g/mol. The Morgan fingerprint density at radius 2 is 2.13 bits per heavy atom. The van der Waals surface area contributed by atoms with Gasteiger partial charge in [0.2, 0.25) is 0 Å². The minimum atomic E-state index is -0.755. The van der Waals surface area contributed by atoms with Crippen LogP contribution in [0.5, 0.6) is 0 Å². The van der Waals surface area contributed by atoms with Gasteiger partial charge in [-0.15, -0.1) is 0 Å². The van der Waals surface area contributed by atoms with Gasteiger partial charge in [0.25, 0.3) is 0 Å². The van der Waals surface area contributed by atoms with E-state index in [1.807, 2.05) is 12.1 Å². The van der Waals surface area contributed by atoms with Crippen molar-refractivity contribution >= 4 is 34.0 Å². The van der Waals surface area contributed by atoms with Crippen molar-refractivity contribution in [2.75, 3.05) is 18.6 Å². The van der Waals surface area contributed by atoms with Crippen LogP contribution in [0.1, 0.15) is 5.56 Å². The number of hydrogen-bond donors (Lipinski definition) is 1. The maximum atomic E-state index is 10.8. The van der Waals surface area contributed by atoms with Crippen LogP contribution in [-0.2, 0) is 17.3 Å². The standard InChI is InChI=1S/C10H13Cl2NOS/c1-15(14)6-5-13-7-8-3-2-4-9(11)10(8)12/h2-4,13H,5-7H2,1H3. The molecule has 0 radical (unpaired) electrons. The van der Waals surface area contributed by atoms with E-state index in [1.165, 1.54) is 0 Å². The molecule has 5 heteroatoms. The number of nitrogens with one attached hydrogen (secondary N) is 1. The van der Waals surface area contributed by atoms with Crippen LogP contribution in [0.4, 0.5) is 0 Å². The largest absolute Gasteiger partial charge is 0.312 e. The van der Waals surface area contributed by atoms with Gasteiger partial charge < -0.3 is 5.32 Å². The molecule has 0 fully saturated rings. The van der Waals surface area contributed by atoms with Gasteiger partial charge in [-0.2, -0.15) is 0 Å². The molecule has 1 aromatic carbocycles. The lowest BCUT2D eigenvalue weighted by Gasteiger charge is -2.06. The van der Waals surface area contributed by atoms with Gasteiger partial charge in [-0.3, -0.25) is 4.21 Å². The summed E-state index contributed by atoms with van der Waals surface area (Å²) in [5, 5.41) is 4.32. The molecule has 0 amide bonds. The quantitative estimate of drug-likeness (QED) is 0.829. The van der Waals surface area contributed by atoms with Crippen LogP contribution in [0.3, 0.4) is 0 Å². The number of benzene rings is 1. The van der Waals surface area contributed by atoms with Gasteiger partial charge in [0.05, 0.1) is 10.0 Å². The van der Waals surface area contributed by atoms with E-state index in [0.29, 0.717) is 28.9 Å². The van der Waals surface area contributed by atoms with Crippen LogP contribution in [0, 0.1) is 0 Å². The van der Waals surface area contributed by atoms with Crippen molar-refractivity contribution in [1.29, 1.82) is 0 Å². The zero-order valence-corrected chi connectivity index (χ0v) is 10.8. The summed E-state index contributed by atoms with van der Waals surface area (Å²) in [6.45, 7) is 1.36. The third-order valence-corrected chi connectivity index (χ3v) is 3.55. The Kier molecular flexibility index (Phi) is 5.61. The Labute approximate surface area is 102 Å². The van der Waals surface area contributed by atoms with E-state index < -0.39 is 10.8 Å². The number of hydrogen-bond acceptors (Lipinski definition) is 2. The predicted octanol–water partition coefficient (Wildman–Crippen LogP) is 2.46. The molecule has 0 saturated heterocycles. The Hall–Kier alpha value is -0.0900. The first-order chi connectivity index (χ1) is 7.11. The molecule has 1 aromatic rings. The molecule has 0 aliphatic rings. The Balaban J connectivity index is 2.44. The fourth-order valence-electron chi connectivity index (χ4n) is 1.12. The highest BCUT2D eigenvalue weighted by Crippen LogP contribution is 2.25. The predicted molar refractivity (Wildman–Crippen MR) is 67.1 cm³/mol. The first-order valence-corrected chi connectivity index (χ1v) is 7.03. The molecular formula is C10H13Cl2NOS. The third-order valence-electron chi connectivity index (χ3n) is 1.91. The van der Waals surface area contributed by atoms with E-state index in [0.717, 1.165) is 5.56 Å². The summed E-state index contributed by atoms with van der Waals surface area (Å²) in [7, 11) is -0.755. The van der Waals surface area contributed by atoms with E-state index in [-0.39, 0.29) is 0 Å². The average molecular weight is 266 g/mol. The lowest BCUT2D eigenvalue weighted by atomic mass is 10.2. The second kappa shape index (κ2) is 6.48. The Morgan fingerprint density at radius 3 is 2.80 bits per heavy atom. The molecule has 84 valence electrons. The SMILES string of the molecule is CS(=O)CCNCc1cccc(Cl)c1Cl. The molecule has 0 saturated carbocycles. The first kappa shape index (κ1) is 13.0. The highest BCUT2D eigenvalue weighted by molar-refractivity contribution is 7.84. The topological polar surface area (TPSA) is 29.1 Å². The van der Waals surface area contributed by atoms with Gasteiger partial charge in [-0.05, 0) is 11.6 Å². The maximum absolute atomic E-state index is 10.8. The molecule has 1 atom stereocenters. The lowest BCUT2D eigenvalue weighted by molar-refractivity contribution is 0.677. The second-order valence-corrected chi connectivity index (χ2v) is 5.51. The van der Waals surface area contributed by atoms with Gasteiger partial charge in [0.15, 0.2) is 0 Å². The van der Waals surface area contributed by atoms with Crippen molar-refractivity contribution in [1.82, 2.24) is 5.32 Å². The smallest absolute Gasteiger partial charge is 0.0637 e. The molecule has 15 heavy (non-hydrogen) atoms. The first-order valence-electron chi connectivity index (χ1n) is 4.55. The van der Waals surface area contributed by atoms with Crippen LogP contribution in [-0.4, -0.2) is 22.8 Å². The summed E-state index contributed by atoms with van der Waals surface area (Å²) < 4.78 is 10.8. The second-order valence-electron chi connectivity index (χ2n) is 3.17. The molecule has 0 aromatic heterocycles. The average Bonchev–Trinajstić information content (AvgIpc) is 2.18. The van der Waals surface area contributed by atoms with Crippen molar-refractivity contribution in [2.24, 2.45) is 0 Å². The van der Waals surface area contributed by atoms with Gasteiger partial charge in [0.1, 0.15) is 0 Å². The molecule has 1 N–H and O–H groups in total. The summed E-state index contributed by atoms with van der Waals surface area (Å²) in [6, 6.07) is 5.54. The number of halogens is 2. The summed E-state index contributed by atoms with van der Waals surface area (Å²) >= 11 is 11.9. The summed E-state index contributed by atoms with van der Waals surface area (Å²) in [4.78, 5) is 0. The molecule has 0 aliphatic heterocycles. The normalized spacial score (nSPS) is 12.7. The highest BCUT2D eigenvalue weighted by atomic mass is 35.5. The maximum Gasteiger partial charge on any atom is 0.0637 e. The van der Waals surface area contributed by atoms with Crippen LogP contribution < -0.4 is 5.32 Å². The number of rotatable bonds is 5. The van der Waals surface area contributed by atoms with E-state index >= 15 is 0 Å². The minimum Gasteiger partial charge on any atom is -0.312 e. The van der Waals surface area contributed by atoms with Crippen molar-refractivity contribution in [2.45, 2.75) is 6.54 Å². The van der Waals surface area contributed by atoms with Crippen molar-refractivity contribution in [3.63, 3.8) is 0 Å². The van der Waals surface area contributed by atoms with Gasteiger partial charge >= 0.3 is 0 Å². The minimum absolute atomic E-state index is 0.565. The Bertz CT molecular complexity index is 357. The van der Waals surface area contributed by atoms with E-state index in [1.54, 1.807) is 12.3 Å². The molecule has 0 aliphatic carbocycles. The Morgan fingerprint density at radius 1 is 1.40 bits per heavy atom.